The molecule has 1 atom stereocenters. The zero-order valence-electron chi connectivity index (χ0n) is 6.76. The van der Waals surface area contributed by atoms with Gasteiger partial charge in [0.25, 0.3) is 0 Å². The van der Waals surface area contributed by atoms with Crippen LogP contribution >= 0.6 is 0 Å². The van der Waals surface area contributed by atoms with E-state index in [1.54, 1.807) is 0 Å². The Balaban J connectivity index is 3.49. The van der Waals surface area contributed by atoms with Crippen molar-refractivity contribution in [1.82, 2.24) is 0 Å². The summed E-state index contributed by atoms with van der Waals surface area (Å²) in [7, 11) is 0. The summed E-state index contributed by atoms with van der Waals surface area (Å²) in [4.78, 5) is 0. The van der Waals surface area contributed by atoms with E-state index >= 15 is 0 Å². The van der Waals surface area contributed by atoms with Crippen LogP contribution in [-0.2, 0) is 4.74 Å². The van der Waals surface area contributed by atoms with Gasteiger partial charge in [0, 0.05) is 0 Å². The van der Waals surface area contributed by atoms with Crippen LogP contribution < -0.4 is 0 Å². The van der Waals surface area contributed by atoms with Gasteiger partial charge in [0.2, 0.25) is 0 Å². The molecule has 0 bridgehead atoms. The van der Waals surface area contributed by atoms with Crippen molar-refractivity contribution in [3.05, 3.63) is 12.3 Å². The Morgan fingerprint density at radius 3 is 2.60 bits per heavy atom. The number of rotatable bonds is 5. The Kier molecular flexibility index (Phi) is 5.03. The van der Waals surface area contributed by atoms with Crippen LogP contribution in [0.15, 0.2) is 12.3 Å². The van der Waals surface area contributed by atoms with E-state index in [0.29, 0.717) is 12.4 Å². The molecule has 2 nitrogen and oxygen atoms in total. The molecule has 0 saturated carbocycles. The van der Waals surface area contributed by atoms with Crippen molar-refractivity contribution in [2.75, 3.05) is 6.61 Å². The highest BCUT2D eigenvalue weighted by molar-refractivity contribution is 4.90. The molecule has 0 aromatic heterocycles. The smallest absolute Gasteiger partial charge is 0.117 e. The molecule has 0 amide bonds. The highest BCUT2D eigenvalue weighted by Crippen LogP contribution is 2.06. The van der Waals surface area contributed by atoms with Gasteiger partial charge in [-0.3, -0.25) is 0 Å². The maximum atomic E-state index is 9.22. The predicted molar refractivity (Wildman–Crippen MR) is 41.7 cm³/mol. The summed E-state index contributed by atoms with van der Waals surface area (Å²) in [5.41, 5.74) is 0. The maximum Gasteiger partial charge on any atom is 0.117 e. The molecule has 60 valence electrons. The van der Waals surface area contributed by atoms with E-state index in [0.717, 1.165) is 12.8 Å². The molecular formula is C8H16O2. The van der Waals surface area contributed by atoms with Gasteiger partial charge in [-0.1, -0.05) is 19.9 Å². The molecule has 10 heavy (non-hydrogen) atoms. The van der Waals surface area contributed by atoms with Crippen LogP contribution in [0.4, 0.5) is 0 Å². The summed E-state index contributed by atoms with van der Waals surface area (Å²) in [6.07, 6.45) is 1.21. The molecular weight excluding hydrogens is 128 g/mol. The second kappa shape index (κ2) is 5.30. The molecule has 0 spiro atoms. The third-order valence-electron chi connectivity index (χ3n) is 1.26. The fourth-order valence-corrected chi connectivity index (χ4v) is 0.716. The van der Waals surface area contributed by atoms with E-state index in [1.807, 2.05) is 13.8 Å². The number of ether oxygens (including phenoxy) is 1. The van der Waals surface area contributed by atoms with E-state index in [-0.39, 0.29) is 0 Å². The molecule has 0 fully saturated rings. The standard InChI is InChI=1S/C8H16O2/c1-4-6-8(9)7(3)10-5-2/h8-9H,3-6H2,1-2H3/t8-/m1/s1. The molecule has 0 aliphatic heterocycles. The van der Waals surface area contributed by atoms with Crippen molar-refractivity contribution in [2.24, 2.45) is 0 Å². The maximum absolute atomic E-state index is 9.22. The van der Waals surface area contributed by atoms with Gasteiger partial charge in [0.05, 0.1) is 6.61 Å². The van der Waals surface area contributed by atoms with Crippen LogP contribution in [0.1, 0.15) is 26.7 Å². The molecule has 0 aromatic carbocycles. The molecule has 1 N–H and O–H groups in total. The van der Waals surface area contributed by atoms with Crippen LogP contribution in [0.25, 0.3) is 0 Å². The van der Waals surface area contributed by atoms with Gasteiger partial charge < -0.3 is 9.84 Å². The quantitative estimate of drug-likeness (QED) is 0.595. The molecule has 0 aromatic rings. The number of aliphatic hydroxyl groups excluding tert-OH is 1. The van der Waals surface area contributed by atoms with Crippen molar-refractivity contribution in [3.8, 4) is 0 Å². The Morgan fingerprint density at radius 2 is 2.20 bits per heavy atom. The highest BCUT2D eigenvalue weighted by atomic mass is 16.5. The first-order valence-electron chi connectivity index (χ1n) is 3.72. The molecule has 0 aliphatic rings. The summed E-state index contributed by atoms with van der Waals surface area (Å²) in [5, 5.41) is 9.22. The summed E-state index contributed by atoms with van der Waals surface area (Å²) in [5.74, 6) is 0.490. The van der Waals surface area contributed by atoms with Gasteiger partial charge in [-0.15, -0.1) is 0 Å². The third-order valence-corrected chi connectivity index (χ3v) is 1.26. The fourth-order valence-electron chi connectivity index (χ4n) is 0.716. The summed E-state index contributed by atoms with van der Waals surface area (Å²) >= 11 is 0. The van der Waals surface area contributed by atoms with Crippen LogP contribution in [0.3, 0.4) is 0 Å². The SMILES string of the molecule is C=C(OCC)[C@H](O)CCC. The first-order valence-corrected chi connectivity index (χ1v) is 3.72. The zero-order valence-corrected chi connectivity index (χ0v) is 6.76. The minimum atomic E-state index is -0.482. The van der Waals surface area contributed by atoms with Crippen molar-refractivity contribution in [3.63, 3.8) is 0 Å². The van der Waals surface area contributed by atoms with Crippen LogP contribution in [0.2, 0.25) is 0 Å². The van der Waals surface area contributed by atoms with Crippen molar-refractivity contribution in [2.45, 2.75) is 32.8 Å². The number of hydrogen-bond donors (Lipinski definition) is 1. The molecule has 0 saturated heterocycles. The fraction of sp³-hybridized carbons (Fsp3) is 0.750. The first kappa shape index (κ1) is 9.50. The van der Waals surface area contributed by atoms with Gasteiger partial charge in [-0.2, -0.15) is 0 Å². The Morgan fingerprint density at radius 1 is 1.60 bits per heavy atom. The van der Waals surface area contributed by atoms with Crippen LogP contribution in [0, 0.1) is 0 Å². The second-order valence-electron chi connectivity index (χ2n) is 2.20. The lowest BCUT2D eigenvalue weighted by molar-refractivity contribution is 0.103. The lowest BCUT2D eigenvalue weighted by Gasteiger charge is -2.12. The molecule has 0 rings (SSSR count). The summed E-state index contributed by atoms with van der Waals surface area (Å²) in [6.45, 7) is 8.07. The van der Waals surface area contributed by atoms with Crippen LogP contribution in [0.5, 0.6) is 0 Å². The first-order chi connectivity index (χ1) is 4.72. The van der Waals surface area contributed by atoms with E-state index in [2.05, 4.69) is 6.58 Å². The van der Waals surface area contributed by atoms with E-state index < -0.39 is 6.10 Å². The molecule has 0 heterocycles. The number of aliphatic hydroxyl groups is 1. The third kappa shape index (κ3) is 3.51. The van der Waals surface area contributed by atoms with Crippen LogP contribution in [-0.4, -0.2) is 17.8 Å². The lowest BCUT2D eigenvalue weighted by atomic mass is 10.2. The van der Waals surface area contributed by atoms with Crippen molar-refractivity contribution >= 4 is 0 Å². The van der Waals surface area contributed by atoms with Crippen molar-refractivity contribution in [1.29, 1.82) is 0 Å². The van der Waals surface area contributed by atoms with Gasteiger partial charge in [-0.25, -0.2) is 0 Å². The number of hydrogen-bond acceptors (Lipinski definition) is 2. The normalized spacial score (nSPS) is 12.7. The van der Waals surface area contributed by atoms with E-state index in [4.69, 9.17) is 4.74 Å². The van der Waals surface area contributed by atoms with Gasteiger partial charge in [0.1, 0.15) is 11.9 Å². The molecule has 0 aliphatic carbocycles. The Hall–Kier alpha value is -0.500. The van der Waals surface area contributed by atoms with Crippen molar-refractivity contribution < 1.29 is 9.84 Å². The van der Waals surface area contributed by atoms with E-state index in [1.165, 1.54) is 0 Å². The van der Waals surface area contributed by atoms with Gasteiger partial charge in [0.15, 0.2) is 0 Å². The van der Waals surface area contributed by atoms with E-state index in [9.17, 15) is 5.11 Å². The molecule has 0 radical (unpaired) electrons. The second-order valence-corrected chi connectivity index (χ2v) is 2.20. The monoisotopic (exact) mass is 144 g/mol. The largest absolute Gasteiger partial charge is 0.496 e. The van der Waals surface area contributed by atoms with Gasteiger partial charge in [-0.05, 0) is 13.3 Å². The van der Waals surface area contributed by atoms with Gasteiger partial charge >= 0.3 is 0 Å². The summed E-state index contributed by atoms with van der Waals surface area (Å²) < 4.78 is 5.01. The lowest BCUT2D eigenvalue weighted by Crippen LogP contribution is -2.11. The highest BCUT2D eigenvalue weighted by Gasteiger charge is 2.06. The Bertz CT molecular complexity index is 99.4. The zero-order chi connectivity index (χ0) is 7.98. The molecule has 0 unspecified atom stereocenters. The molecule has 2 heteroatoms. The average Bonchev–Trinajstić information content (AvgIpc) is 1.89. The topological polar surface area (TPSA) is 29.5 Å². The Labute approximate surface area is 62.5 Å². The minimum Gasteiger partial charge on any atom is -0.496 e. The average molecular weight is 144 g/mol. The summed E-state index contributed by atoms with van der Waals surface area (Å²) in [6, 6.07) is 0. The minimum absolute atomic E-state index is 0.482. The predicted octanol–water partition coefficient (Wildman–Crippen LogP) is 1.70.